The Bertz CT molecular complexity index is 217. The first-order valence-electron chi connectivity index (χ1n) is 7.89. The maximum Gasteiger partial charge on any atom is 0.0593 e. The third-order valence-corrected chi connectivity index (χ3v) is 3.77. The molecule has 1 atom stereocenters. The summed E-state index contributed by atoms with van der Waals surface area (Å²) >= 11 is 0. The molecule has 0 amide bonds. The Labute approximate surface area is 123 Å². The van der Waals surface area contributed by atoms with Crippen molar-refractivity contribution >= 4 is 0 Å². The van der Waals surface area contributed by atoms with Crippen molar-refractivity contribution in [3.05, 3.63) is 0 Å². The molecule has 1 unspecified atom stereocenters. The number of ether oxygens (including phenoxy) is 3. The molecule has 1 N–H and O–H groups in total. The highest BCUT2D eigenvalue weighted by Crippen LogP contribution is 2.15. The number of hydrogen-bond donors (Lipinski definition) is 1. The SMILES string of the molecule is COCCCOCCN1CCCCC1CNCCOC. The monoisotopic (exact) mass is 288 g/mol. The van der Waals surface area contributed by atoms with Gasteiger partial charge in [0, 0.05) is 53.1 Å². The minimum absolute atomic E-state index is 0.656. The average Bonchev–Trinajstić information content (AvgIpc) is 2.48. The van der Waals surface area contributed by atoms with E-state index >= 15 is 0 Å². The number of hydrogen-bond acceptors (Lipinski definition) is 5. The van der Waals surface area contributed by atoms with Gasteiger partial charge in [0.15, 0.2) is 0 Å². The van der Waals surface area contributed by atoms with Crippen molar-refractivity contribution < 1.29 is 14.2 Å². The maximum atomic E-state index is 5.67. The van der Waals surface area contributed by atoms with Crippen molar-refractivity contribution in [1.29, 1.82) is 0 Å². The van der Waals surface area contributed by atoms with E-state index in [9.17, 15) is 0 Å². The molecule has 0 saturated carbocycles. The highest BCUT2D eigenvalue weighted by atomic mass is 16.5. The van der Waals surface area contributed by atoms with Gasteiger partial charge in [0.05, 0.1) is 13.2 Å². The second-order valence-corrected chi connectivity index (χ2v) is 5.34. The van der Waals surface area contributed by atoms with Gasteiger partial charge in [-0.1, -0.05) is 6.42 Å². The summed E-state index contributed by atoms with van der Waals surface area (Å²) < 4.78 is 15.7. The lowest BCUT2D eigenvalue weighted by Gasteiger charge is -2.35. The maximum absolute atomic E-state index is 5.67. The van der Waals surface area contributed by atoms with Gasteiger partial charge in [-0.05, 0) is 25.8 Å². The first-order chi connectivity index (χ1) is 9.88. The van der Waals surface area contributed by atoms with E-state index in [4.69, 9.17) is 14.2 Å². The van der Waals surface area contributed by atoms with Crippen LogP contribution >= 0.6 is 0 Å². The molecule has 1 aliphatic heterocycles. The molecule has 0 radical (unpaired) electrons. The molecular formula is C15H32N2O3. The number of nitrogens with zero attached hydrogens (tertiary/aromatic N) is 1. The van der Waals surface area contributed by atoms with Gasteiger partial charge in [0.25, 0.3) is 0 Å². The Morgan fingerprint density at radius 2 is 1.90 bits per heavy atom. The van der Waals surface area contributed by atoms with Crippen LogP contribution in [-0.2, 0) is 14.2 Å². The zero-order valence-electron chi connectivity index (χ0n) is 13.2. The van der Waals surface area contributed by atoms with Gasteiger partial charge in [-0.15, -0.1) is 0 Å². The van der Waals surface area contributed by atoms with Crippen LogP contribution in [0.15, 0.2) is 0 Å². The van der Waals surface area contributed by atoms with Crippen molar-refractivity contribution in [3.8, 4) is 0 Å². The van der Waals surface area contributed by atoms with E-state index < -0.39 is 0 Å². The largest absolute Gasteiger partial charge is 0.385 e. The molecule has 0 aromatic carbocycles. The van der Waals surface area contributed by atoms with Crippen molar-refractivity contribution in [3.63, 3.8) is 0 Å². The van der Waals surface area contributed by atoms with Gasteiger partial charge in [0.1, 0.15) is 0 Å². The van der Waals surface area contributed by atoms with Crippen molar-refractivity contribution in [2.24, 2.45) is 0 Å². The highest BCUT2D eigenvalue weighted by Gasteiger charge is 2.21. The van der Waals surface area contributed by atoms with E-state index in [2.05, 4.69) is 10.2 Å². The molecule has 20 heavy (non-hydrogen) atoms. The van der Waals surface area contributed by atoms with E-state index in [1.807, 2.05) is 0 Å². The lowest BCUT2D eigenvalue weighted by molar-refractivity contribution is 0.0605. The lowest BCUT2D eigenvalue weighted by atomic mass is 10.0. The third-order valence-electron chi connectivity index (χ3n) is 3.77. The van der Waals surface area contributed by atoms with Crippen LogP contribution in [-0.4, -0.2) is 77.8 Å². The molecule has 5 heteroatoms. The van der Waals surface area contributed by atoms with Crippen LogP contribution in [0, 0.1) is 0 Å². The zero-order chi connectivity index (χ0) is 14.5. The molecule has 120 valence electrons. The molecule has 1 fully saturated rings. The summed E-state index contributed by atoms with van der Waals surface area (Å²) in [5.74, 6) is 0. The molecule has 1 heterocycles. The Morgan fingerprint density at radius 1 is 1.05 bits per heavy atom. The Balaban J connectivity index is 2.09. The number of piperidine rings is 1. The minimum Gasteiger partial charge on any atom is -0.385 e. The summed E-state index contributed by atoms with van der Waals surface area (Å²) in [6.45, 7) is 7.46. The fraction of sp³-hybridized carbons (Fsp3) is 1.00. The van der Waals surface area contributed by atoms with Crippen LogP contribution in [0.5, 0.6) is 0 Å². The van der Waals surface area contributed by atoms with E-state index in [1.165, 1.54) is 25.8 Å². The predicted octanol–water partition coefficient (Wildman–Crippen LogP) is 1.13. The second-order valence-electron chi connectivity index (χ2n) is 5.34. The van der Waals surface area contributed by atoms with Gasteiger partial charge < -0.3 is 19.5 Å². The standard InChI is InChI=1S/C15H32N2O3/c1-18-10-5-11-20-13-9-17-8-4-3-6-15(17)14-16-7-12-19-2/h15-16H,3-14H2,1-2H3. The molecule has 1 aliphatic rings. The van der Waals surface area contributed by atoms with Crippen molar-refractivity contribution in [1.82, 2.24) is 10.2 Å². The Morgan fingerprint density at radius 3 is 2.70 bits per heavy atom. The fourth-order valence-electron chi connectivity index (χ4n) is 2.62. The first kappa shape index (κ1) is 17.9. The molecule has 0 aromatic heterocycles. The lowest BCUT2D eigenvalue weighted by Crippen LogP contribution is -2.47. The van der Waals surface area contributed by atoms with Crippen LogP contribution < -0.4 is 5.32 Å². The predicted molar refractivity (Wildman–Crippen MR) is 81.3 cm³/mol. The molecule has 0 aromatic rings. The van der Waals surface area contributed by atoms with Crippen LogP contribution in [0.1, 0.15) is 25.7 Å². The molecule has 1 rings (SSSR count). The normalized spacial score (nSPS) is 20.4. The quantitative estimate of drug-likeness (QED) is 0.545. The van der Waals surface area contributed by atoms with Gasteiger partial charge in [0.2, 0.25) is 0 Å². The van der Waals surface area contributed by atoms with E-state index in [0.29, 0.717) is 6.04 Å². The molecule has 0 bridgehead atoms. The van der Waals surface area contributed by atoms with Crippen molar-refractivity contribution in [2.75, 3.05) is 66.8 Å². The number of methoxy groups -OCH3 is 2. The summed E-state index contributed by atoms with van der Waals surface area (Å²) in [4.78, 5) is 2.57. The second kappa shape index (κ2) is 12.5. The summed E-state index contributed by atoms with van der Waals surface area (Å²) in [7, 11) is 3.48. The van der Waals surface area contributed by atoms with E-state index in [1.54, 1.807) is 14.2 Å². The smallest absolute Gasteiger partial charge is 0.0593 e. The Hall–Kier alpha value is -0.200. The van der Waals surface area contributed by atoms with Gasteiger partial charge in [-0.25, -0.2) is 0 Å². The van der Waals surface area contributed by atoms with Gasteiger partial charge in [-0.3, -0.25) is 4.90 Å². The van der Waals surface area contributed by atoms with Gasteiger partial charge >= 0.3 is 0 Å². The fourth-order valence-corrected chi connectivity index (χ4v) is 2.62. The summed E-state index contributed by atoms with van der Waals surface area (Å²) in [5, 5.41) is 3.48. The molecule has 0 spiro atoms. The first-order valence-corrected chi connectivity index (χ1v) is 7.89. The number of likely N-dealkylation sites (tertiary alicyclic amines) is 1. The van der Waals surface area contributed by atoms with Gasteiger partial charge in [-0.2, -0.15) is 0 Å². The van der Waals surface area contributed by atoms with E-state index in [-0.39, 0.29) is 0 Å². The van der Waals surface area contributed by atoms with Crippen molar-refractivity contribution in [2.45, 2.75) is 31.7 Å². The number of nitrogens with one attached hydrogen (secondary N) is 1. The molecule has 1 saturated heterocycles. The average molecular weight is 288 g/mol. The van der Waals surface area contributed by atoms with Crippen LogP contribution in [0.25, 0.3) is 0 Å². The Kier molecular flexibility index (Phi) is 11.2. The van der Waals surface area contributed by atoms with Crippen LogP contribution in [0.4, 0.5) is 0 Å². The van der Waals surface area contributed by atoms with Crippen LogP contribution in [0.2, 0.25) is 0 Å². The topological polar surface area (TPSA) is 43.0 Å². The third kappa shape index (κ3) is 8.17. The minimum atomic E-state index is 0.656. The molecular weight excluding hydrogens is 256 g/mol. The van der Waals surface area contributed by atoms with Crippen LogP contribution in [0.3, 0.4) is 0 Å². The van der Waals surface area contributed by atoms with E-state index in [0.717, 1.165) is 52.5 Å². The summed E-state index contributed by atoms with van der Waals surface area (Å²) in [5.41, 5.74) is 0. The zero-order valence-corrected chi connectivity index (χ0v) is 13.2. The summed E-state index contributed by atoms with van der Waals surface area (Å²) in [6, 6.07) is 0.656. The molecule has 0 aliphatic carbocycles. The highest BCUT2D eigenvalue weighted by molar-refractivity contribution is 4.78. The number of rotatable bonds is 12. The molecule has 5 nitrogen and oxygen atoms in total. The summed E-state index contributed by atoms with van der Waals surface area (Å²) in [6.07, 6.45) is 4.95.